The number of hydrogen-bond acceptors (Lipinski definition) is 4. The Bertz CT molecular complexity index is 1980. The van der Waals surface area contributed by atoms with Crippen LogP contribution in [-0.2, 0) is 15.4 Å². The monoisotopic (exact) mass is 601 g/mol. The standard InChI is InChI=1S/C38H39N3O2S/c1-21-14-26(6)37(27(7)15-21)41-44(42,43)30-12-13-32-31-10-8-9-11-33(31)38(34(32)20-30,28-16-22(2)35(39)23(3)17-28)29-18-24(4)36(40)25(5)19-29/h8-20,41H,39-40H2,1-7H3. The maximum absolute atomic E-state index is 14.1. The van der Waals surface area contributed by atoms with Crippen LogP contribution in [0.5, 0.6) is 0 Å². The lowest BCUT2D eigenvalue weighted by molar-refractivity contribution is 0.600. The van der Waals surface area contributed by atoms with Gasteiger partial charge >= 0.3 is 0 Å². The summed E-state index contributed by atoms with van der Waals surface area (Å²) in [5.41, 5.74) is 27.2. The first kappa shape index (κ1) is 29.5. The van der Waals surface area contributed by atoms with Crippen LogP contribution < -0.4 is 16.2 Å². The molecule has 0 aliphatic heterocycles. The summed E-state index contributed by atoms with van der Waals surface area (Å²) in [6.07, 6.45) is 0. The fourth-order valence-electron chi connectivity index (χ4n) is 7.13. The molecule has 6 rings (SSSR count). The van der Waals surface area contributed by atoms with Crippen LogP contribution in [0.15, 0.2) is 83.8 Å². The van der Waals surface area contributed by atoms with Crippen molar-refractivity contribution in [2.24, 2.45) is 0 Å². The summed E-state index contributed by atoms with van der Waals surface area (Å²) in [4.78, 5) is 0.209. The van der Waals surface area contributed by atoms with E-state index in [0.717, 1.165) is 83.7 Å². The first-order valence-corrected chi connectivity index (χ1v) is 16.3. The highest BCUT2D eigenvalue weighted by atomic mass is 32.2. The molecule has 0 saturated heterocycles. The van der Waals surface area contributed by atoms with Gasteiger partial charge in [-0.3, -0.25) is 4.72 Å². The van der Waals surface area contributed by atoms with Crippen LogP contribution in [0.3, 0.4) is 0 Å². The highest BCUT2D eigenvalue weighted by Crippen LogP contribution is 2.57. The van der Waals surface area contributed by atoms with Crippen LogP contribution in [0, 0.1) is 48.5 Å². The zero-order valence-electron chi connectivity index (χ0n) is 26.4. The number of sulfonamides is 1. The van der Waals surface area contributed by atoms with E-state index in [2.05, 4.69) is 47.2 Å². The molecule has 5 N–H and O–H groups in total. The van der Waals surface area contributed by atoms with Crippen LogP contribution in [0.2, 0.25) is 0 Å². The van der Waals surface area contributed by atoms with E-state index in [0.29, 0.717) is 5.69 Å². The Hall–Kier alpha value is -4.55. The average Bonchev–Trinajstić information content (AvgIpc) is 3.26. The van der Waals surface area contributed by atoms with Gasteiger partial charge in [-0.2, -0.15) is 0 Å². The van der Waals surface area contributed by atoms with E-state index >= 15 is 0 Å². The van der Waals surface area contributed by atoms with Gasteiger partial charge < -0.3 is 11.5 Å². The molecule has 5 nitrogen and oxygen atoms in total. The highest BCUT2D eigenvalue weighted by molar-refractivity contribution is 7.92. The fraction of sp³-hybridized carbons (Fsp3) is 0.211. The smallest absolute Gasteiger partial charge is 0.261 e. The Morgan fingerprint density at radius 3 is 1.57 bits per heavy atom. The van der Waals surface area contributed by atoms with Gasteiger partial charge in [0, 0.05) is 11.4 Å². The molecule has 0 amide bonds. The van der Waals surface area contributed by atoms with Gasteiger partial charge in [-0.25, -0.2) is 8.42 Å². The van der Waals surface area contributed by atoms with Crippen molar-refractivity contribution >= 4 is 27.1 Å². The van der Waals surface area contributed by atoms with E-state index in [1.165, 1.54) is 0 Å². The Kier molecular flexibility index (Phi) is 6.89. The molecule has 6 heteroatoms. The first-order chi connectivity index (χ1) is 20.7. The van der Waals surface area contributed by atoms with Gasteiger partial charge in [0.15, 0.2) is 0 Å². The van der Waals surface area contributed by atoms with Crippen molar-refractivity contribution in [1.29, 1.82) is 0 Å². The lowest BCUT2D eigenvalue weighted by Crippen LogP contribution is -2.30. The van der Waals surface area contributed by atoms with Gasteiger partial charge in [0.2, 0.25) is 0 Å². The maximum Gasteiger partial charge on any atom is 0.261 e. The molecule has 0 spiro atoms. The third-order valence-corrected chi connectivity index (χ3v) is 10.6. The quantitative estimate of drug-likeness (QED) is 0.174. The molecule has 0 unspecified atom stereocenters. The molecule has 0 fully saturated rings. The van der Waals surface area contributed by atoms with E-state index in [1.54, 1.807) is 6.07 Å². The Morgan fingerprint density at radius 2 is 1.05 bits per heavy atom. The summed E-state index contributed by atoms with van der Waals surface area (Å²) in [5, 5.41) is 0. The first-order valence-electron chi connectivity index (χ1n) is 14.8. The zero-order chi connectivity index (χ0) is 31.7. The second kappa shape index (κ2) is 10.3. The van der Waals surface area contributed by atoms with Gasteiger partial charge in [-0.05, 0) is 127 Å². The molecule has 0 radical (unpaired) electrons. The van der Waals surface area contributed by atoms with Gasteiger partial charge in [-0.15, -0.1) is 0 Å². The molecule has 0 bridgehead atoms. The van der Waals surface area contributed by atoms with Crippen molar-refractivity contribution in [1.82, 2.24) is 0 Å². The van der Waals surface area contributed by atoms with Crippen molar-refractivity contribution in [3.8, 4) is 11.1 Å². The molecule has 5 aromatic rings. The number of fused-ring (bicyclic) bond motifs is 3. The Balaban J connectivity index is 1.69. The van der Waals surface area contributed by atoms with Crippen molar-refractivity contribution in [3.05, 3.63) is 140 Å². The molecular weight excluding hydrogens is 563 g/mol. The van der Waals surface area contributed by atoms with E-state index < -0.39 is 15.4 Å². The van der Waals surface area contributed by atoms with Gasteiger partial charge in [-0.1, -0.05) is 72.3 Å². The van der Waals surface area contributed by atoms with E-state index in [-0.39, 0.29) is 4.90 Å². The van der Waals surface area contributed by atoms with Crippen molar-refractivity contribution in [2.45, 2.75) is 58.8 Å². The SMILES string of the molecule is Cc1cc(C)c(NS(=O)(=O)c2ccc3c(c2)C(c2cc(C)c(N)c(C)c2)(c2cc(C)c(N)c(C)c2)c2ccccc2-3)c(C)c1. The van der Waals surface area contributed by atoms with Gasteiger partial charge in [0.1, 0.15) is 0 Å². The molecule has 0 aromatic heterocycles. The lowest BCUT2D eigenvalue weighted by Gasteiger charge is -2.35. The summed E-state index contributed by atoms with van der Waals surface area (Å²) in [7, 11) is -3.93. The minimum absolute atomic E-state index is 0.209. The minimum atomic E-state index is -3.93. The summed E-state index contributed by atoms with van der Waals surface area (Å²) >= 11 is 0. The van der Waals surface area contributed by atoms with Gasteiger partial charge in [0.25, 0.3) is 10.0 Å². The lowest BCUT2D eigenvalue weighted by atomic mass is 9.66. The Morgan fingerprint density at radius 1 is 0.568 bits per heavy atom. The molecule has 0 atom stereocenters. The van der Waals surface area contributed by atoms with E-state index in [1.807, 2.05) is 78.8 Å². The van der Waals surface area contributed by atoms with E-state index in [4.69, 9.17) is 11.5 Å². The second-order valence-electron chi connectivity index (χ2n) is 12.4. The topological polar surface area (TPSA) is 98.2 Å². The van der Waals surface area contributed by atoms with E-state index in [9.17, 15) is 8.42 Å². The molecular formula is C38H39N3O2S. The second-order valence-corrected chi connectivity index (χ2v) is 14.1. The number of aryl methyl sites for hydroxylation is 7. The van der Waals surface area contributed by atoms with Crippen LogP contribution in [0.1, 0.15) is 61.2 Å². The summed E-state index contributed by atoms with van der Waals surface area (Å²) in [5.74, 6) is 0. The molecule has 5 aromatic carbocycles. The van der Waals surface area contributed by atoms with Crippen LogP contribution >= 0.6 is 0 Å². The normalized spacial score (nSPS) is 13.4. The number of anilines is 3. The fourth-order valence-corrected chi connectivity index (χ4v) is 8.36. The van der Waals surface area contributed by atoms with Crippen LogP contribution in [-0.4, -0.2) is 8.42 Å². The number of nitrogen functional groups attached to an aromatic ring is 2. The van der Waals surface area contributed by atoms with Crippen LogP contribution in [0.4, 0.5) is 17.1 Å². The number of rotatable bonds is 5. The molecule has 0 heterocycles. The average molecular weight is 602 g/mol. The van der Waals surface area contributed by atoms with Crippen molar-refractivity contribution < 1.29 is 8.42 Å². The summed E-state index contributed by atoms with van der Waals surface area (Å²) in [6, 6.07) is 26.5. The maximum atomic E-state index is 14.1. The third kappa shape index (κ3) is 4.39. The Labute approximate surface area is 261 Å². The predicted octanol–water partition coefficient (Wildman–Crippen LogP) is 8.17. The number of hydrogen-bond donors (Lipinski definition) is 3. The largest absolute Gasteiger partial charge is 0.398 e. The number of benzene rings is 5. The molecule has 1 aliphatic rings. The molecule has 224 valence electrons. The zero-order valence-corrected chi connectivity index (χ0v) is 27.2. The van der Waals surface area contributed by atoms with Crippen molar-refractivity contribution in [3.63, 3.8) is 0 Å². The minimum Gasteiger partial charge on any atom is -0.398 e. The number of nitrogens with one attached hydrogen (secondary N) is 1. The number of nitrogens with two attached hydrogens (primary N) is 2. The predicted molar refractivity (Wildman–Crippen MR) is 183 cm³/mol. The van der Waals surface area contributed by atoms with Crippen LogP contribution in [0.25, 0.3) is 11.1 Å². The summed E-state index contributed by atoms with van der Waals surface area (Å²) < 4.78 is 31.1. The molecule has 0 saturated carbocycles. The van der Waals surface area contributed by atoms with Gasteiger partial charge in [0.05, 0.1) is 16.0 Å². The molecule has 44 heavy (non-hydrogen) atoms. The van der Waals surface area contributed by atoms with Crippen molar-refractivity contribution in [2.75, 3.05) is 16.2 Å². The summed E-state index contributed by atoms with van der Waals surface area (Å²) in [6.45, 7) is 14.0. The molecule has 1 aliphatic carbocycles. The third-order valence-electron chi connectivity index (χ3n) is 9.29. The highest BCUT2D eigenvalue weighted by Gasteiger charge is 2.47.